The van der Waals surface area contributed by atoms with Crippen molar-refractivity contribution in [2.75, 3.05) is 6.54 Å². The fraction of sp³-hybridized carbons (Fsp3) is 0.438. The van der Waals surface area contributed by atoms with Crippen molar-refractivity contribution >= 4 is 17.8 Å². The molecule has 1 unspecified atom stereocenters. The van der Waals surface area contributed by atoms with Crippen molar-refractivity contribution in [1.29, 1.82) is 0 Å². The van der Waals surface area contributed by atoms with Gasteiger partial charge in [0.1, 0.15) is 11.9 Å². The number of halogens is 1. The van der Waals surface area contributed by atoms with Gasteiger partial charge >= 0.3 is 6.03 Å². The molecule has 1 aromatic carbocycles. The summed E-state index contributed by atoms with van der Waals surface area (Å²) in [5.41, 5.74) is 0.428. The van der Waals surface area contributed by atoms with Crippen LogP contribution in [0.5, 0.6) is 0 Å². The Morgan fingerprint density at radius 2 is 2.04 bits per heavy atom. The number of nitrogens with zero attached hydrogens (tertiary/aromatic N) is 1. The van der Waals surface area contributed by atoms with E-state index in [4.69, 9.17) is 0 Å². The Morgan fingerprint density at radius 3 is 2.65 bits per heavy atom. The molecule has 1 aliphatic rings. The van der Waals surface area contributed by atoms with Gasteiger partial charge in [0.2, 0.25) is 5.91 Å². The number of rotatable bonds is 7. The molecule has 4 amide bonds. The number of nitrogens with one attached hydrogen (secondary N) is 2. The summed E-state index contributed by atoms with van der Waals surface area (Å²) in [6.45, 7) is 2.62. The number of imide groups is 1. The van der Waals surface area contributed by atoms with Crippen molar-refractivity contribution < 1.29 is 18.8 Å². The van der Waals surface area contributed by atoms with Gasteiger partial charge in [-0.1, -0.05) is 31.5 Å². The van der Waals surface area contributed by atoms with E-state index >= 15 is 0 Å². The molecule has 0 aromatic heterocycles. The summed E-state index contributed by atoms with van der Waals surface area (Å²) < 4.78 is 13.8. The molecule has 1 heterocycles. The quantitative estimate of drug-likeness (QED) is 0.748. The van der Waals surface area contributed by atoms with Gasteiger partial charge < -0.3 is 10.2 Å². The lowest BCUT2D eigenvalue weighted by Gasteiger charge is -2.24. The van der Waals surface area contributed by atoms with E-state index in [1.54, 1.807) is 18.2 Å². The van der Waals surface area contributed by atoms with E-state index in [1.165, 1.54) is 11.0 Å². The minimum absolute atomic E-state index is 0.129. The highest BCUT2D eigenvalue weighted by Gasteiger charge is 2.32. The van der Waals surface area contributed by atoms with Crippen molar-refractivity contribution in [2.24, 2.45) is 0 Å². The van der Waals surface area contributed by atoms with E-state index in [0.717, 1.165) is 12.8 Å². The highest BCUT2D eigenvalue weighted by molar-refractivity contribution is 6.05. The number of unbranched alkanes of at least 4 members (excludes halogenated alkanes) is 1. The Kier molecular flexibility index (Phi) is 5.67. The lowest BCUT2D eigenvalue weighted by atomic mass is 10.1. The van der Waals surface area contributed by atoms with E-state index in [2.05, 4.69) is 10.6 Å². The maximum atomic E-state index is 13.8. The monoisotopic (exact) mass is 321 g/mol. The molecule has 0 radical (unpaired) electrons. The fourth-order valence-corrected chi connectivity index (χ4v) is 2.38. The van der Waals surface area contributed by atoms with Gasteiger partial charge in [0.15, 0.2) is 0 Å². The zero-order valence-corrected chi connectivity index (χ0v) is 13.0. The van der Waals surface area contributed by atoms with Crippen molar-refractivity contribution in [3.05, 3.63) is 35.6 Å². The highest BCUT2D eigenvalue weighted by atomic mass is 19.1. The van der Waals surface area contributed by atoms with Gasteiger partial charge in [0.05, 0.1) is 6.42 Å². The largest absolute Gasteiger partial charge is 0.338 e. The average molecular weight is 321 g/mol. The highest BCUT2D eigenvalue weighted by Crippen LogP contribution is 2.13. The number of carbonyl (C=O) groups is 3. The lowest BCUT2D eigenvalue weighted by molar-refractivity contribution is -0.134. The minimum atomic E-state index is -0.861. The molecule has 2 N–H and O–H groups in total. The fourth-order valence-electron chi connectivity index (χ4n) is 2.38. The number of benzene rings is 1. The van der Waals surface area contributed by atoms with Gasteiger partial charge in [-0.3, -0.25) is 14.9 Å². The second-order valence-corrected chi connectivity index (χ2v) is 5.48. The van der Waals surface area contributed by atoms with Crippen LogP contribution in [0.1, 0.15) is 31.7 Å². The molecular weight excluding hydrogens is 301 g/mol. The van der Waals surface area contributed by atoms with Crippen LogP contribution in [0, 0.1) is 5.82 Å². The SMILES string of the molecule is CCCCN(Cc1ccccc1F)C(=O)CC1NC(=O)NC1=O. The van der Waals surface area contributed by atoms with Crippen LogP contribution in [0.15, 0.2) is 24.3 Å². The minimum Gasteiger partial charge on any atom is -0.338 e. The van der Waals surface area contributed by atoms with Crippen molar-refractivity contribution in [1.82, 2.24) is 15.5 Å². The topological polar surface area (TPSA) is 78.5 Å². The lowest BCUT2D eigenvalue weighted by Crippen LogP contribution is -2.39. The predicted molar refractivity (Wildman–Crippen MR) is 81.8 cm³/mol. The van der Waals surface area contributed by atoms with Gasteiger partial charge in [-0.25, -0.2) is 9.18 Å². The standard InChI is InChI=1S/C16H20FN3O3/c1-2-3-8-20(10-11-6-4-5-7-12(11)17)14(21)9-13-15(22)19-16(23)18-13/h4-7,13H,2-3,8-10H2,1H3,(H2,18,19,22,23). The Hall–Kier alpha value is -2.44. The third-order valence-corrected chi connectivity index (χ3v) is 3.69. The Morgan fingerprint density at radius 1 is 1.30 bits per heavy atom. The third-order valence-electron chi connectivity index (χ3n) is 3.69. The summed E-state index contributed by atoms with van der Waals surface area (Å²) in [6, 6.07) is 4.83. The van der Waals surface area contributed by atoms with E-state index in [-0.39, 0.29) is 24.7 Å². The van der Waals surface area contributed by atoms with Crippen LogP contribution in [0.3, 0.4) is 0 Å². The smallest absolute Gasteiger partial charge is 0.322 e. The summed E-state index contributed by atoms with van der Waals surface area (Å²) in [5, 5.41) is 4.49. The molecule has 0 saturated carbocycles. The van der Waals surface area contributed by atoms with E-state index < -0.39 is 18.0 Å². The van der Waals surface area contributed by atoms with Crippen LogP contribution in [-0.2, 0) is 16.1 Å². The maximum absolute atomic E-state index is 13.8. The molecule has 1 aliphatic heterocycles. The second-order valence-electron chi connectivity index (χ2n) is 5.48. The van der Waals surface area contributed by atoms with Crippen LogP contribution in [-0.4, -0.2) is 35.3 Å². The predicted octanol–water partition coefficient (Wildman–Crippen LogP) is 1.55. The molecule has 6 nitrogen and oxygen atoms in total. The molecular formula is C16H20FN3O3. The maximum Gasteiger partial charge on any atom is 0.322 e. The molecule has 1 fully saturated rings. The number of hydrogen-bond acceptors (Lipinski definition) is 3. The van der Waals surface area contributed by atoms with Crippen molar-refractivity contribution in [2.45, 2.75) is 38.8 Å². The van der Waals surface area contributed by atoms with E-state index in [9.17, 15) is 18.8 Å². The molecule has 2 rings (SSSR count). The van der Waals surface area contributed by atoms with Crippen molar-refractivity contribution in [3.8, 4) is 0 Å². The van der Waals surface area contributed by atoms with Crippen LogP contribution < -0.4 is 10.6 Å². The first-order valence-electron chi connectivity index (χ1n) is 7.63. The van der Waals surface area contributed by atoms with Crippen LogP contribution in [0.2, 0.25) is 0 Å². The summed E-state index contributed by atoms with van der Waals surface area (Å²) in [6.07, 6.45) is 1.54. The first-order chi connectivity index (χ1) is 11.0. The zero-order chi connectivity index (χ0) is 16.8. The molecule has 0 spiro atoms. The van der Waals surface area contributed by atoms with Crippen LogP contribution in [0.4, 0.5) is 9.18 Å². The number of carbonyl (C=O) groups excluding carboxylic acids is 3. The molecule has 124 valence electrons. The Bertz CT molecular complexity index is 606. The van der Waals surface area contributed by atoms with Gasteiger partial charge in [-0.05, 0) is 12.5 Å². The molecule has 1 aromatic rings. The first kappa shape index (κ1) is 16.9. The van der Waals surface area contributed by atoms with Gasteiger partial charge in [0.25, 0.3) is 5.91 Å². The third kappa shape index (κ3) is 4.51. The Labute approximate surface area is 134 Å². The number of amides is 4. The molecule has 1 saturated heterocycles. The van der Waals surface area contributed by atoms with Crippen LogP contribution >= 0.6 is 0 Å². The normalized spacial score (nSPS) is 16.9. The zero-order valence-electron chi connectivity index (χ0n) is 13.0. The van der Waals surface area contributed by atoms with Gasteiger partial charge in [0, 0.05) is 18.7 Å². The first-order valence-corrected chi connectivity index (χ1v) is 7.63. The van der Waals surface area contributed by atoms with E-state index in [1.807, 2.05) is 6.92 Å². The Balaban J connectivity index is 2.05. The second kappa shape index (κ2) is 7.71. The van der Waals surface area contributed by atoms with Crippen LogP contribution in [0.25, 0.3) is 0 Å². The molecule has 0 bridgehead atoms. The average Bonchev–Trinajstić information content (AvgIpc) is 2.83. The summed E-state index contributed by atoms with van der Waals surface area (Å²) in [7, 11) is 0. The molecule has 0 aliphatic carbocycles. The molecule has 1 atom stereocenters. The number of urea groups is 1. The van der Waals surface area contributed by atoms with Crippen molar-refractivity contribution in [3.63, 3.8) is 0 Å². The van der Waals surface area contributed by atoms with E-state index in [0.29, 0.717) is 12.1 Å². The van der Waals surface area contributed by atoms with Gasteiger partial charge in [-0.15, -0.1) is 0 Å². The summed E-state index contributed by atoms with van der Waals surface area (Å²) in [4.78, 5) is 36.6. The molecule has 23 heavy (non-hydrogen) atoms. The van der Waals surface area contributed by atoms with Gasteiger partial charge in [-0.2, -0.15) is 0 Å². The summed E-state index contributed by atoms with van der Waals surface area (Å²) >= 11 is 0. The molecule has 7 heteroatoms. The number of hydrogen-bond donors (Lipinski definition) is 2. The summed E-state index contributed by atoms with van der Waals surface area (Å²) in [5.74, 6) is -1.16.